The fourth-order valence-corrected chi connectivity index (χ4v) is 4.37. The van der Waals surface area contributed by atoms with Crippen LogP contribution in [-0.4, -0.2) is 35.3 Å². The van der Waals surface area contributed by atoms with Crippen LogP contribution in [0.1, 0.15) is 17.2 Å². The van der Waals surface area contributed by atoms with E-state index < -0.39 is 12.1 Å². The quantitative estimate of drug-likeness (QED) is 0.883. The summed E-state index contributed by atoms with van der Waals surface area (Å²) in [7, 11) is 0. The summed E-state index contributed by atoms with van der Waals surface area (Å²) in [6.07, 6.45) is -0.107. The van der Waals surface area contributed by atoms with Crippen LogP contribution in [-0.2, 0) is 16.0 Å². The lowest BCUT2D eigenvalue weighted by Crippen LogP contribution is -2.45. The van der Waals surface area contributed by atoms with Crippen LogP contribution in [0.3, 0.4) is 0 Å². The Hall–Kier alpha value is -2.31. The first-order valence-corrected chi connectivity index (χ1v) is 9.19. The number of hydrogen-bond acceptors (Lipinski definition) is 4. The highest BCUT2D eigenvalue weighted by Gasteiger charge is 2.33. The summed E-state index contributed by atoms with van der Waals surface area (Å²) in [5.74, 6) is -0.0128. The van der Waals surface area contributed by atoms with Crippen molar-refractivity contribution in [3.05, 3.63) is 59.7 Å². The Morgan fingerprint density at radius 1 is 1.20 bits per heavy atom. The molecule has 0 saturated carbocycles. The summed E-state index contributed by atoms with van der Waals surface area (Å²) in [5.41, 5.74) is 2.77. The average molecular weight is 354 g/mol. The molecule has 2 aromatic carbocycles. The summed E-state index contributed by atoms with van der Waals surface area (Å²) in [6, 6.07) is 14.9. The number of thioether (sulfide) groups is 1. The molecule has 0 unspecified atom stereocenters. The van der Waals surface area contributed by atoms with Gasteiger partial charge in [0.05, 0.1) is 23.6 Å². The number of nitrogens with zero attached hydrogens (tertiary/aromatic N) is 1. The van der Waals surface area contributed by atoms with Crippen LogP contribution in [0.5, 0.6) is 0 Å². The molecular weight excluding hydrogens is 336 g/mol. The highest BCUT2D eigenvalue weighted by molar-refractivity contribution is 8.00. The summed E-state index contributed by atoms with van der Waals surface area (Å²) in [5, 5.41) is 13.2. The van der Waals surface area contributed by atoms with Crippen molar-refractivity contribution in [2.24, 2.45) is 0 Å². The van der Waals surface area contributed by atoms with Gasteiger partial charge in [0.2, 0.25) is 11.8 Å². The van der Waals surface area contributed by atoms with E-state index >= 15 is 0 Å². The highest BCUT2D eigenvalue weighted by atomic mass is 32.2. The fourth-order valence-electron chi connectivity index (χ4n) is 3.44. The van der Waals surface area contributed by atoms with Crippen molar-refractivity contribution in [3.63, 3.8) is 0 Å². The number of nitrogens with one attached hydrogen (secondary N) is 1. The minimum absolute atomic E-state index is 0.0399. The Balaban J connectivity index is 1.51. The predicted molar refractivity (Wildman–Crippen MR) is 96.6 cm³/mol. The molecule has 2 aliphatic rings. The Kier molecular flexibility index (Phi) is 4.23. The third-order valence-electron chi connectivity index (χ3n) is 4.63. The smallest absolute Gasteiger partial charge is 0.240 e. The van der Waals surface area contributed by atoms with Gasteiger partial charge in [0.1, 0.15) is 6.54 Å². The predicted octanol–water partition coefficient (Wildman–Crippen LogP) is 1.90. The highest BCUT2D eigenvalue weighted by Crippen LogP contribution is 2.35. The number of carbonyl (C=O) groups is 2. The second-order valence-corrected chi connectivity index (χ2v) is 7.27. The van der Waals surface area contributed by atoms with E-state index in [2.05, 4.69) is 5.32 Å². The molecule has 6 heteroatoms. The number of anilines is 1. The molecule has 0 saturated heterocycles. The molecule has 0 aromatic heterocycles. The number of aliphatic hydroxyl groups excluding tert-OH is 1. The van der Waals surface area contributed by atoms with Crippen LogP contribution < -0.4 is 10.2 Å². The van der Waals surface area contributed by atoms with Crippen LogP contribution in [0, 0.1) is 0 Å². The molecule has 128 valence electrons. The maximum atomic E-state index is 12.6. The van der Waals surface area contributed by atoms with Gasteiger partial charge in [-0.25, -0.2) is 0 Å². The van der Waals surface area contributed by atoms with E-state index in [0.29, 0.717) is 12.2 Å². The maximum absolute atomic E-state index is 12.6. The number of amides is 2. The minimum Gasteiger partial charge on any atom is -0.390 e. The van der Waals surface area contributed by atoms with E-state index in [4.69, 9.17) is 0 Å². The van der Waals surface area contributed by atoms with Crippen molar-refractivity contribution < 1.29 is 14.7 Å². The number of para-hydroxylation sites is 1. The molecule has 2 N–H and O–H groups in total. The molecule has 2 amide bonds. The average Bonchev–Trinajstić information content (AvgIpc) is 2.93. The van der Waals surface area contributed by atoms with Gasteiger partial charge in [-0.3, -0.25) is 9.59 Å². The van der Waals surface area contributed by atoms with Crippen LogP contribution >= 0.6 is 11.8 Å². The van der Waals surface area contributed by atoms with Crippen molar-refractivity contribution in [1.82, 2.24) is 5.32 Å². The van der Waals surface area contributed by atoms with E-state index in [1.165, 1.54) is 16.7 Å². The van der Waals surface area contributed by atoms with Gasteiger partial charge in [-0.2, -0.15) is 0 Å². The molecule has 4 rings (SSSR count). The van der Waals surface area contributed by atoms with Crippen LogP contribution in [0.4, 0.5) is 5.69 Å². The molecule has 2 aromatic rings. The zero-order valence-corrected chi connectivity index (χ0v) is 14.3. The van der Waals surface area contributed by atoms with Gasteiger partial charge in [0.15, 0.2) is 0 Å². The number of hydrogen-bond donors (Lipinski definition) is 2. The standard InChI is InChI=1S/C19H18N2O3S/c22-15-9-12-5-1-2-6-13(12)19(15)20-17(23)10-21-14-7-3-4-8-16(14)25-11-18(21)24/h1-8,15,19,22H,9-11H2,(H,20,23)/t15-,19+/m1/s1. The molecule has 1 aliphatic carbocycles. The first kappa shape index (κ1) is 16.2. The molecular formula is C19H18N2O3S. The third kappa shape index (κ3) is 3.03. The lowest BCUT2D eigenvalue weighted by Gasteiger charge is -2.29. The van der Waals surface area contributed by atoms with Gasteiger partial charge in [-0.05, 0) is 23.3 Å². The van der Waals surface area contributed by atoms with Gasteiger partial charge in [-0.15, -0.1) is 11.8 Å². The summed E-state index contributed by atoms with van der Waals surface area (Å²) >= 11 is 1.49. The summed E-state index contributed by atoms with van der Waals surface area (Å²) < 4.78 is 0. The van der Waals surface area contributed by atoms with Gasteiger partial charge in [0, 0.05) is 11.3 Å². The van der Waals surface area contributed by atoms with E-state index in [1.807, 2.05) is 48.5 Å². The first-order chi connectivity index (χ1) is 12.1. The molecule has 0 spiro atoms. The number of aliphatic hydroxyl groups is 1. The van der Waals surface area contributed by atoms with Gasteiger partial charge in [0.25, 0.3) is 0 Å². The monoisotopic (exact) mass is 354 g/mol. The van der Waals surface area contributed by atoms with Crippen molar-refractivity contribution in [3.8, 4) is 0 Å². The molecule has 25 heavy (non-hydrogen) atoms. The van der Waals surface area contributed by atoms with Gasteiger partial charge < -0.3 is 15.3 Å². The van der Waals surface area contributed by atoms with Gasteiger partial charge >= 0.3 is 0 Å². The number of benzene rings is 2. The number of rotatable bonds is 3. The SMILES string of the molecule is O=C(CN1C(=O)CSc2ccccc21)N[C@H]1c2ccccc2C[C@H]1O. The number of fused-ring (bicyclic) bond motifs is 2. The molecule has 5 nitrogen and oxygen atoms in total. The van der Waals surface area contributed by atoms with Crippen molar-refractivity contribution in [2.75, 3.05) is 17.2 Å². The zero-order valence-electron chi connectivity index (χ0n) is 13.5. The Morgan fingerprint density at radius 2 is 1.96 bits per heavy atom. The lowest BCUT2D eigenvalue weighted by atomic mass is 10.1. The van der Waals surface area contributed by atoms with Crippen molar-refractivity contribution in [1.29, 1.82) is 0 Å². The van der Waals surface area contributed by atoms with Crippen LogP contribution in [0.2, 0.25) is 0 Å². The molecule has 0 radical (unpaired) electrons. The molecule has 0 bridgehead atoms. The second kappa shape index (κ2) is 6.54. The topological polar surface area (TPSA) is 69.6 Å². The first-order valence-electron chi connectivity index (χ1n) is 8.21. The molecule has 2 atom stereocenters. The zero-order chi connectivity index (χ0) is 17.4. The summed E-state index contributed by atoms with van der Waals surface area (Å²) in [4.78, 5) is 27.3. The van der Waals surface area contributed by atoms with E-state index in [-0.39, 0.29) is 18.4 Å². The van der Waals surface area contributed by atoms with Gasteiger partial charge in [-0.1, -0.05) is 36.4 Å². The second-order valence-electron chi connectivity index (χ2n) is 6.25. The number of carbonyl (C=O) groups excluding carboxylic acids is 2. The lowest BCUT2D eigenvalue weighted by molar-refractivity contribution is -0.124. The Labute approximate surface area is 150 Å². The molecule has 1 heterocycles. The third-order valence-corrected chi connectivity index (χ3v) is 5.68. The Bertz CT molecular complexity index is 839. The van der Waals surface area contributed by atoms with Crippen molar-refractivity contribution in [2.45, 2.75) is 23.5 Å². The van der Waals surface area contributed by atoms with E-state index in [0.717, 1.165) is 21.7 Å². The van der Waals surface area contributed by atoms with Crippen LogP contribution in [0.15, 0.2) is 53.4 Å². The minimum atomic E-state index is -0.638. The molecule has 0 fully saturated rings. The van der Waals surface area contributed by atoms with Crippen molar-refractivity contribution >= 4 is 29.3 Å². The largest absolute Gasteiger partial charge is 0.390 e. The summed E-state index contributed by atoms with van der Waals surface area (Å²) in [6.45, 7) is -0.0399. The normalized spacial score (nSPS) is 21.6. The Morgan fingerprint density at radius 3 is 2.84 bits per heavy atom. The van der Waals surface area contributed by atoms with E-state index in [9.17, 15) is 14.7 Å². The van der Waals surface area contributed by atoms with E-state index in [1.54, 1.807) is 0 Å². The fraction of sp³-hybridized carbons (Fsp3) is 0.263. The van der Waals surface area contributed by atoms with Crippen LogP contribution in [0.25, 0.3) is 0 Å². The molecule has 1 aliphatic heterocycles. The maximum Gasteiger partial charge on any atom is 0.240 e.